The van der Waals surface area contributed by atoms with E-state index in [0.29, 0.717) is 12.3 Å². The zero-order chi connectivity index (χ0) is 12.8. The number of nitrogens with zero attached hydrogens (tertiary/aromatic N) is 1. The van der Waals surface area contributed by atoms with Gasteiger partial charge in [0, 0.05) is 5.41 Å². The van der Waals surface area contributed by atoms with E-state index in [1.165, 1.54) is 13.3 Å². The predicted octanol–water partition coefficient (Wildman–Crippen LogP) is 0.408. The first-order valence-electron chi connectivity index (χ1n) is 5.00. The maximum Gasteiger partial charge on any atom is 0.245 e. The largest absolute Gasteiger partial charge is 0.494 e. The SMILES string of the molecule is COc1cnc2c(c1S(N)(=O)=O)OCC2(C)C. The maximum atomic E-state index is 11.6. The summed E-state index contributed by atoms with van der Waals surface area (Å²) in [4.78, 5) is 4.06. The van der Waals surface area contributed by atoms with Crippen molar-refractivity contribution >= 4 is 10.0 Å². The van der Waals surface area contributed by atoms with Crippen LogP contribution in [0.1, 0.15) is 19.5 Å². The molecule has 1 aliphatic rings. The summed E-state index contributed by atoms with van der Waals surface area (Å²) < 4.78 is 33.5. The number of sulfonamides is 1. The van der Waals surface area contributed by atoms with Crippen molar-refractivity contribution in [3.05, 3.63) is 11.9 Å². The van der Waals surface area contributed by atoms with E-state index in [9.17, 15) is 8.42 Å². The fourth-order valence-electron chi connectivity index (χ4n) is 1.81. The molecular formula is C10H14N2O4S. The molecule has 0 amide bonds. The lowest BCUT2D eigenvalue weighted by molar-refractivity contribution is 0.284. The molecule has 0 saturated carbocycles. The number of ether oxygens (including phenoxy) is 2. The minimum atomic E-state index is -3.91. The number of fused-ring (bicyclic) bond motifs is 1. The first-order chi connectivity index (χ1) is 7.77. The lowest BCUT2D eigenvalue weighted by Crippen LogP contribution is -2.19. The number of hydrogen-bond donors (Lipinski definition) is 1. The first kappa shape index (κ1) is 12.1. The minimum Gasteiger partial charge on any atom is -0.494 e. The van der Waals surface area contributed by atoms with Crippen molar-refractivity contribution < 1.29 is 17.9 Å². The monoisotopic (exact) mass is 258 g/mol. The highest BCUT2D eigenvalue weighted by Crippen LogP contribution is 2.43. The third-order valence-electron chi connectivity index (χ3n) is 2.68. The molecule has 94 valence electrons. The van der Waals surface area contributed by atoms with E-state index in [0.717, 1.165) is 0 Å². The number of primary sulfonamides is 1. The van der Waals surface area contributed by atoms with Gasteiger partial charge in [-0.1, -0.05) is 13.8 Å². The molecule has 2 N–H and O–H groups in total. The summed E-state index contributed by atoms with van der Waals surface area (Å²) in [6, 6.07) is 0. The molecule has 0 bridgehead atoms. The van der Waals surface area contributed by atoms with Crippen molar-refractivity contribution in [1.82, 2.24) is 4.98 Å². The van der Waals surface area contributed by atoms with Crippen molar-refractivity contribution in [3.8, 4) is 11.5 Å². The molecule has 1 aromatic rings. The Morgan fingerprint density at radius 1 is 1.53 bits per heavy atom. The summed E-state index contributed by atoms with van der Waals surface area (Å²) in [5.41, 5.74) is 0.253. The molecule has 0 aromatic carbocycles. The second kappa shape index (κ2) is 3.58. The summed E-state index contributed by atoms with van der Waals surface area (Å²) in [6.07, 6.45) is 1.36. The highest BCUT2D eigenvalue weighted by molar-refractivity contribution is 7.89. The Kier molecular flexibility index (Phi) is 2.55. The zero-order valence-electron chi connectivity index (χ0n) is 9.85. The molecule has 0 atom stereocenters. The summed E-state index contributed by atoms with van der Waals surface area (Å²) in [5.74, 6) is 0.306. The van der Waals surface area contributed by atoms with Crippen molar-refractivity contribution in [2.45, 2.75) is 24.2 Å². The molecule has 0 aliphatic carbocycles. The number of rotatable bonds is 2. The van der Waals surface area contributed by atoms with Gasteiger partial charge in [0.05, 0.1) is 25.6 Å². The number of pyridine rings is 1. The van der Waals surface area contributed by atoms with Gasteiger partial charge in [-0.25, -0.2) is 13.6 Å². The standard InChI is InChI=1S/C10H14N2O4S/c1-10(2)5-16-7-8(17(11,13)14)6(15-3)4-12-9(7)10/h4H,5H2,1-3H3,(H2,11,13,14). The van der Waals surface area contributed by atoms with Gasteiger partial charge in [-0.05, 0) is 0 Å². The van der Waals surface area contributed by atoms with Crippen LogP contribution in [0.25, 0.3) is 0 Å². The summed E-state index contributed by atoms with van der Waals surface area (Å²) in [5, 5.41) is 5.18. The second-order valence-electron chi connectivity index (χ2n) is 4.55. The molecule has 17 heavy (non-hydrogen) atoms. The first-order valence-corrected chi connectivity index (χ1v) is 6.55. The molecule has 6 nitrogen and oxygen atoms in total. The quantitative estimate of drug-likeness (QED) is 0.829. The van der Waals surface area contributed by atoms with E-state index in [1.54, 1.807) is 0 Å². The molecule has 1 aromatic heterocycles. The number of nitrogens with two attached hydrogens (primary N) is 1. The van der Waals surface area contributed by atoms with Crippen LogP contribution in [0.3, 0.4) is 0 Å². The predicted molar refractivity (Wildman–Crippen MR) is 60.7 cm³/mol. The highest BCUT2D eigenvalue weighted by atomic mass is 32.2. The molecule has 7 heteroatoms. The third-order valence-corrected chi connectivity index (χ3v) is 3.63. The minimum absolute atomic E-state index is 0.101. The van der Waals surface area contributed by atoms with Gasteiger partial charge in [-0.2, -0.15) is 0 Å². The van der Waals surface area contributed by atoms with Gasteiger partial charge in [0.2, 0.25) is 10.0 Å². The Hall–Kier alpha value is -1.34. The van der Waals surface area contributed by atoms with Crippen LogP contribution in [0.4, 0.5) is 0 Å². The Morgan fingerprint density at radius 2 is 2.18 bits per heavy atom. The number of aromatic nitrogens is 1. The smallest absolute Gasteiger partial charge is 0.245 e. The van der Waals surface area contributed by atoms with E-state index in [4.69, 9.17) is 14.6 Å². The van der Waals surface area contributed by atoms with Crippen LogP contribution in [0.5, 0.6) is 11.5 Å². The Balaban J connectivity index is 2.78. The van der Waals surface area contributed by atoms with Crippen LogP contribution in [-0.2, 0) is 15.4 Å². The van der Waals surface area contributed by atoms with Crippen molar-refractivity contribution in [1.29, 1.82) is 0 Å². The van der Waals surface area contributed by atoms with Gasteiger partial charge in [0.1, 0.15) is 0 Å². The second-order valence-corrected chi connectivity index (χ2v) is 6.05. The van der Waals surface area contributed by atoms with Crippen LogP contribution >= 0.6 is 0 Å². The van der Waals surface area contributed by atoms with Crippen LogP contribution in [0, 0.1) is 0 Å². The molecule has 0 spiro atoms. The Labute approximate surface area is 99.8 Å². The van der Waals surface area contributed by atoms with Gasteiger partial charge in [0.25, 0.3) is 0 Å². The average Bonchev–Trinajstić information content (AvgIpc) is 2.52. The number of hydrogen-bond acceptors (Lipinski definition) is 5. The summed E-state index contributed by atoms with van der Waals surface area (Å²) >= 11 is 0. The summed E-state index contributed by atoms with van der Waals surface area (Å²) in [7, 11) is -2.55. The van der Waals surface area contributed by atoms with Crippen molar-refractivity contribution in [2.75, 3.05) is 13.7 Å². The molecule has 0 fully saturated rings. The van der Waals surface area contributed by atoms with Gasteiger partial charge in [-0.15, -0.1) is 0 Å². The van der Waals surface area contributed by atoms with Gasteiger partial charge in [0.15, 0.2) is 16.4 Å². The van der Waals surface area contributed by atoms with Gasteiger partial charge in [-0.3, -0.25) is 4.98 Å². The van der Waals surface area contributed by atoms with Crippen LogP contribution < -0.4 is 14.6 Å². The lowest BCUT2D eigenvalue weighted by Gasteiger charge is -2.14. The fourth-order valence-corrected chi connectivity index (χ4v) is 2.64. The molecule has 2 rings (SSSR count). The van der Waals surface area contributed by atoms with E-state index >= 15 is 0 Å². The van der Waals surface area contributed by atoms with Crippen LogP contribution in [0.2, 0.25) is 0 Å². The molecular weight excluding hydrogens is 244 g/mol. The van der Waals surface area contributed by atoms with E-state index in [2.05, 4.69) is 4.98 Å². The van der Waals surface area contributed by atoms with E-state index in [-0.39, 0.29) is 21.8 Å². The molecule has 0 radical (unpaired) electrons. The molecule has 1 aliphatic heterocycles. The van der Waals surface area contributed by atoms with E-state index < -0.39 is 10.0 Å². The average molecular weight is 258 g/mol. The fraction of sp³-hybridized carbons (Fsp3) is 0.500. The maximum absolute atomic E-state index is 11.6. The molecule has 2 heterocycles. The molecule has 0 saturated heterocycles. The van der Waals surface area contributed by atoms with Gasteiger partial charge >= 0.3 is 0 Å². The highest BCUT2D eigenvalue weighted by Gasteiger charge is 2.39. The lowest BCUT2D eigenvalue weighted by atomic mass is 9.91. The normalized spacial score (nSPS) is 17.4. The van der Waals surface area contributed by atoms with Crippen LogP contribution in [0.15, 0.2) is 11.1 Å². The Bertz CT molecular complexity index is 566. The Morgan fingerprint density at radius 3 is 2.71 bits per heavy atom. The third kappa shape index (κ3) is 1.85. The topological polar surface area (TPSA) is 91.5 Å². The van der Waals surface area contributed by atoms with Crippen molar-refractivity contribution in [2.24, 2.45) is 5.14 Å². The van der Waals surface area contributed by atoms with Crippen LogP contribution in [-0.4, -0.2) is 27.1 Å². The van der Waals surface area contributed by atoms with Crippen molar-refractivity contribution in [3.63, 3.8) is 0 Å². The number of methoxy groups -OCH3 is 1. The molecule has 0 unspecified atom stereocenters. The summed E-state index contributed by atoms with van der Waals surface area (Å²) in [6.45, 7) is 4.21. The van der Waals surface area contributed by atoms with Gasteiger partial charge < -0.3 is 9.47 Å². The zero-order valence-corrected chi connectivity index (χ0v) is 10.7. The van der Waals surface area contributed by atoms with E-state index in [1.807, 2.05) is 13.8 Å².